The molecule has 2 N–H and O–H groups in total. The third-order valence-corrected chi connectivity index (χ3v) is 2.94. The summed E-state index contributed by atoms with van der Waals surface area (Å²) in [6, 6.07) is 6.48. The number of halogens is 2. The van der Waals surface area contributed by atoms with E-state index >= 15 is 0 Å². The van der Waals surface area contributed by atoms with E-state index in [9.17, 15) is 8.78 Å². The Hall–Kier alpha value is -0.960. The average Bonchev–Trinajstić information content (AvgIpc) is 2.28. The highest BCUT2D eigenvalue weighted by Crippen LogP contribution is 2.35. The van der Waals surface area contributed by atoms with Gasteiger partial charge in [-0.15, -0.1) is 0 Å². The Kier molecular flexibility index (Phi) is 4.03. The standard InChI is InChI=1S/C13H19F2N/c1-9(2)13(14,15)12-6-4-11(5-7-12)10(3)8-16/h4-7,9-10H,8,16H2,1-3H3. The highest BCUT2D eigenvalue weighted by atomic mass is 19.3. The minimum Gasteiger partial charge on any atom is -0.330 e. The summed E-state index contributed by atoms with van der Waals surface area (Å²) in [6.07, 6.45) is 0. The summed E-state index contributed by atoms with van der Waals surface area (Å²) in [5.74, 6) is -3.24. The molecule has 0 saturated heterocycles. The topological polar surface area (TPSA) is 26.0 Å². The van der Waals surface area contributed by atoms with Gasteiger partial charge in [-0.25, -0.2) is 8.78 Å². The van der Waals surface area contributed by atoms with E-state index in [0.717, 1.165) is 5.56 Å². The molecule has 1 atom stereocenters. The van der Waals surface area contributed by atoms with Gasteiger partial charge in [0.25, 0.3) is 5.92 Å². The third kappa shape index (κ3) is 2.59. The molecule has 1 nitrogen and oxygen atoms in total. The van der Waals surface area contributed by atoms with Crippen LogP contribution in [0.3, 0.4) is 0 Å². The smallest absolute Gasteiger partial charge is 0.275 e. The quantitative estimate of drug-likeness (QED) is 0.837. The van der Waals surface area contributed by atoms with Crippen molar-refractivity contribution in [2.45, 2.75) is 32.6 Å². The van der Waals surface area contributed by atoms with Crippen LogP contribution in [0.1, 0.15) is 37.8 Å². The van der Waals surface area contributed by atoms with Crippen LogP contribution >= 0.6 is 0 Å². The molecule has 1 aromatic rings. The molecule has 3 heteroatoms. The molecule has 90 valence electrons. The number of hydrogen-bond donors (Lipinski definition) is 1. The van der Waals surface area contributed by atoms with Crippen LogP contribution in [0.4, 0.5) is 8.78 Å². The van der Waals surface area contributed by atoms with Crippen LogP contribution < -0.4 is 5.73 Å². The van der Waals surface area contributed by atoms with Gasteiger partial charge in [-0.1, -0.05) is 45.0 Å². The van der Waals surface area contributed by atoms with Crippen molar-refractivity contribution < 1.29 is 8.78 Å². The molecular weight excluding hydrogens is 208 g/mol. The molecule has 0 aliphatic carbocycles. The van der Waals surface area contributed by atoms with E-state index < -0.39 is 11.8 Å². The average molecular weight is 227 g/mol. The van der Waals surface area contributed by atoms with Crippen LogP contribution in [-0.4, -0.2) is 6.54 Å². The Bertz CT molecular complexity index is 330. The Morgan fingerprint density at radius 1 is 1.12 bits per heavy atom. The van der Waals surface area contributed by atoms with E-state index in [4.69, 9.17) is 5.73 Å². The molecule has 1 aromatic carbocycles. The molecule has 0 aromatic heterocycles. The van der Waals surface area contributed by atoms with Crippen molar-refractivity contribution in [1.29, 1.82) is 0 Å². The third-order valence-electron chi connectivity index (χ3n) is 2.94. The maximum Gasteiger partial charge on any atom is 0.275 e. The summed E-state index contributed by atoms with van der Waals surface area (Å²) in [4.78, 5) is 0. The lowest BCUT2D eigenvalue weighted by Gasteiger charge is -2.21. The molecular formula is C13H19F2N. The highest BCUT2D eigenvalue weighted by Gasteiger charge is 2.35. The zero-order valence-corrected chi connectivity index (χ0v) is 10.0. The number of rotatable bonds is 4. The minimum atomic E-state index is -2.76. The van der Waals surface area contributed by atoms with Crippen molar-refractivity contribution >= 4 is 0 Å². The maximum atomic E-state index is 13.7. The van der Waals surface area contributed by atoms with Crippen LogP contribution in [0, 0.1) is 5.92 Å². The number of benzene rings is 1. The molecule has 0 fully saturated rings. The zero-order chi connectivity index (χ0) is 12.3. The molecule has 1 rings (SSSR count). The van der Waals surface area contributed by atoms with E-state index in [1.165, 1.54) is 26.0 Å². The van der Waals surface area contributed by atoms with Gasteiger partial charge in [0.15, 0.2) is 0 Å². The monoisotopic (exact) mass is 227 g/mol. The summed E-state index contributed by atoms with van der Waals surface area (Å²) < 4.78 is 27.3. The molecule has 0 aliphatic heterocycles. The fourth-order valence-electron chi connectivity index (χ4n) is 1.50. The van der Waals surface area contributed by atoms with Crippen molar-refractivity contribution in [1.82, 2.24) is 0 Å². The summed E-state index contributed by atoms with van der Waals surface area (Å²) >= 11 is 0. The first-order valence-corrected chi connectivity index (χ1v) is 5.58. The van der Waals surface area contributed by atoms with Gasteiger partial charge in [-0.2, -0.15) is 0 Å². The summed E-state index contributed by atoms with van der Waals surface area (Å²) in [7, 11) is 0. The first-order chi connectivity index (χ1) is 7.39. The Labute approximate surface area is 95.7 Å². The van der Waals surface area contributed by atoms with Crippen LogP contribution in [0.15, 0.2) is 24.3 Å². The van der Waals surface area contributed by atoms with E-state index in [0.29, 0.717) is 6.54 Å². The SMILES string of the molecule is CC(CN)c1ccc(C(F)(F)C(C)C)cc1. The fourth-order valence-corrected chi connectivity index (χ4v) is 1.50. The number of nitrogens with two attached hydrogens (primary N) is 1. The van der Waals surface area contributed by atoms with Crippen molar-refractivity contribution in [3.63, 3.8) is 0 Å². The lowest BCUT2D eigenvalue weighted by molar-refractivity contribution is -0.0513. The number of alkyl halides is 2. The van der Waals surface area contributed by atoms with Gasteiger partial charge in [-0.05, 0) is 18.0 Å². The van der Waals surface area contributed by atoms with Gasteiger partial charge < -0.3 is 5.73 Å². The molecule has 0 heterocycles. The molecule has 1 unspecified atom stereocenters. The molecule has 0 radical (unpaired) electrons. The first-order valence-electron chi connectivity index (χ1n) is 5.58. The molecule has 0 amide bonds. The molecule has 0 saturated carbocycles. The second-order valence-electron chi connectivity index (χ2n) is 4.54. The predicted octanol–water partition coefficient (Wildman–Crippen LogP) is 3.50. The van der Waals surface area contributed by atoms with Crippen molar-refractivity contribution in [3.8, 4) is 0 Å². The van der Waals surface area contributed by atoms with Crippen molar-refractivity contribution in [2.75, 3.05) is 6.54 Å². The van der Waals surface area contributed by atoms with Gasteiger partial charge >= 0.3 is 0 Å². The van der Waals surface area contributed by atoms with Gasteiger partial charge in [-0.3, -0.25) is 0 Å². The second kappa shape index (κ2) is 4.91. The highest BCUT2D eigenvalue weighted by molar-refractivity contribution is 5.28. The van der Waals surface area contributed by atoms with Crippen LogP contribution in [0.2, 0.25) is 0 Å². The largest absolute Gasteiger partial charge is 0.330 e. The lowest BCUT2D eigenvalue weighted by atomic mass is 9.94. The van der Waals surface area contributed by atoms with Gasteiger partial charge in [0, 0.05) is 11.5 Å². The van der Waals surface area contributed by atoms with Gasteiger partial charge in [0.2, 0.25) is 0 Å². The molecule has 16 heavy (non-hydrogen) atoms. The Morgan fingerprint density at radius 2 is 1.62 bits per heavy atom. The maximum absolute atomic E-state index is 13.7. The minimum absolute atomic E-state index is 0.0791. The normalized spacial score (nSPS) is 14.2. The van der Waals surface area contributed by atoms with Crippen LogP contribution in [0.25, 0.3) is 0 Å². The Balaban J connectivity index is 2.95. The van der Waals surface area contributed by atoms with E-state index in [2.05, 4.69) is 0 Å². The molecule has 0 bridgehead atoms. The van der Waals surface area contributed by atoms with Gasteiger partial charge in [0.1, 0.15) is 0 Å². The van der Waals surface area contributed by atoms with Crippen LogP contribution in [-0.2, 0) is 5.92 Å². The predicted molar refractivity (Wildman–Crippen MR) is 62.6 cm³/mol. The molecule has 0 aliphatic rings. The molecule has 0 spiro atoms. The van der Waals surface area contributed by atoms with Crippen molar-refractivity contribution in [3.05, 3.63) is 35.4 Å². The Morgan fingerprint density at radius 3 is 2.00 bits per heavy atom. The van der Waals surface area contributed by atoms with Crippen molar-refractivity contribution in [2.24, 2.45) is 11.7 Å². The summed E-state index contributed by atoms with van der Waals surface area (Å²) in [6.45, 7) is 5.56. The van der Waals surface area contributed by atoms with Gasteiger partial charge in [0.05, 0.1) is 0 Å². The number of hydrogen-bond acceptors (Lipinski definition) is 1. The fraction of sp³-hybridized carbons (Fsp3) is 0.538. The second-order valence-corrected chi connectivity index (χ2v) is 4.54. The summed E-state index contributed by atoms with van der Waals surface area (Å²) in [5, 5.41) is 0. The van der Waals surface area contributed by atoms with E-state index in [1.807, 2.05) is 6.92 Å². The van der Waals surface area contributed by atoms with Crippen LogP contribution in [0.5, 0.6) is 0 Å². The van der Waals surface area contributed by atoms with E-state index in [1.54, 1.807) is 12.1 Å². The first kappa shape index (κ1) is 13.1. The zero-order valence-electron chi connectivity index (χ0n) is 10.0. The lowest BCUT2D eigenvalue weighted by Crippen LogP contribution is -2.21. The van der Waals surface area contributed by atoms with E-state index in [-0.39, 0.29) is 11.5 Å². The summed E-state index contributed by atoms with van der Waals surface area (Å²) in [5.41, 5.74) is 6.61.